The van der Waals surface area contributed by atoms with Crippen LogP contribution < -0.4 is 14.8 Å². The first-order chi connectivity index (χ1) is 15.6. The highest BCUT2D eigenvalue weighted by atomic mass is 35.5. The van der Waals surface area contributed by atoms with Crippen LogP contribution in [0.25, 0.3) is 17.0 Å². The number of carbonyl (C=O) groups excluding carboxylic acids is 1. The smallest absolute Gasteiger partial charge is 0.230 e. The van der Waals surface area contributed by atoms with Crippen LogP contribution in [-0.2, 0) is 11.3 Å². The Labute approximate surface area is 193 Å². The summed E-state index contributed by atoms with van der Waals surface area (Å²) < 4.78 is 12.3. The lowest BCUT2D eigenvalue weighted by molar-refractivity contribution is -0.118. The predicted molar refractivity (Wildman–Crippen MR) is 123 cm³/mol. The summed E-state index contributed by atoms with van der Waals surface area (Å²) in [6.45, 7) is 0.375. The molecule has 0 aliphatic carbocycles. The van der Waals surface area contributed by atoms with Crippen LogP contribution >= 0.6 is 23.4 Å². The van der Waals surface area contributed by atoms with Crippen molar-refractivity contribution in [3.05, 3.63) is 65.2 Å². The summed E-state index contributed by atoms with van der Waals surface area (Å²) in [5.41, 5.74) is 2.25. The third kappa shape index (κ3) is 4.79. The Kier molecular flexibility index (Phi) is 6.77. The molecule has 1 N–H and O–H groups in total. The zero-order chi connectivity index (χ0) is 22.5. The molecule has 164 valence electrons. The predicted octanol–water partition coefficient (Wildman–Crippen LogP) is 3.87. The number of hydrogen-bond acceptors (Lipinski definition) is 7. The minimum atomic E-state index is -0.110. The fourth-order valence-electron chi connectivity index (χ4n) is 3.03. The number of aromatic nitrogens is 4. The molecule has 0 saturated carbocycles. The second kappa shape index (κ2) is 9.88. The quantitative estimate of drug-likeness (QED) is 0.392. The van der Waals surface area contributed by atoms with Gasteiger partial charge >= 0.3 is 0 Å². The summed E-state index contributed by atoms with van der Waals surface area (Å²) in [5, 5.41) is 17.2. The molecule has 10 heteroatoms. The van der Waals surface area contributed by atoms with Crippen LogP contribution in [0.4, 0.5) is 0 Å². The molecule has 0 radical (unpaired) electrons. The maximum atomic E-state index is 12.3. The van der Waals surface area contributed by atoms with E-state index < -0.39 is 0 Å². The lowest BCUT2D eigenvalue weighted by Crippen LogP contribution is -2.24. The number of benzene rings is 2. The van der Waals surface area contributed by atoms with Gasteiger partial charge in [0.2, 0.25) is 5.91 Å². The lowest BCUT2D eigenvalue weighted by Gasteiger charge is -2.09. The Hall–Kier alpha value is -3.30. The lowest BCUT2D eigenvalue weighted by atomic mass is 10.2. The molecule has 0 aliphatic heterocycles. The average molecular weight is 470 g/mol. The number of ether oxygens (including phenoxy) is 2. The van der Waals surface area contributed by atoms with Gasteiger partial charge in [0.25, 0.3) is 0 Å². The van der Waals surface area contributed by atoms with Gasteiger partial charge in [0.05, 0.1) is 20.0 Å². The van der Waals surface area contributed by atoms with Gasteiger partial charge in [-0.3, -0.25) is 4.79 Å². The zero-order valence-corrected chi connectivity index (χ0v) is 19.0. The van der Waals surface area contributed by atoms with Crippen LogP contribution in [0.1, 0.15) is 5.56 Å². The van der Waals surface area contributed by atoms with Crippen molar-refractivity contribution in [1.29, 1.82) is 0 Å². The van der Waals surface area contributed by atoms with E-state index in [1.165, 1.54) is 11.8 Å². The highest BCUT2D eigenvalue weighted by molar-refractivity contribution is 7.99. The summed E-state index contributed by atoms with van der Waals surface area (Å²) in [4.78, 5) is 12.3. The molecule has 0 unspecified atom stereocenters. The van der Waals surface area contributed by atoms with E-state index in [1.807, 2.05) is 42.5 Å². The van der Waals surface area contributed by atoms with E-state index in [9.17, 15) is 4.79 Å². The van der Waals surface area contributed by atoms with Crippen LogP contribution in [-0.4, -0.2) is 45.7 Å². The molecule has 1 amide bonds. The molecule has 32 heavy (non-hydrogen) atoms. The molecule has 0 aliphatic rings. The van der Waals surface area contributed by atoms with Gasteiger partial charge in [0, 0.05) is 17.1 Å². The number of nitrogens with zero attached hydrogens (tertiary/aromatic N) is 4. The van der Waals surface area contributed by atoms with Crippen molar-refractivity contribution in [2.75, 3.05) is 20.0 Å². The van der Waals surface area contributed by atoms with E-state index >= 15 is 0 Å². The van der Waals surface area contributed by atoms with Gasteiger partial charge in [-0.15, -0.1) is 10.2 Å². The molecule has 8 nitrogen and oxygen atoms in total. The summed E-state index contributed by atoms with van der Waals surface area (Å²) >= 11 is 7.46. The van der Waals surface area contributed by atoms with Crippen LogP contribution in [0.3, 0.4) is 0 Å². The largest absolute Gasteiger partial charge is 0.493 e. The van der Waals surface area contributed by atoms with Crippen LogP contribution in [0.5, 0.6) is 11.5 Å². The second-order valence-corrected chi connectivity index (χ2v) is 8.09. The molecule has 0 atom stereocenters. The number of hydrogen-bond donors (Lipinski definition) is 1. The van der Waals surface area contributed by atoms with E-state index in [-0.39, 0.29) is 11.7 Å². The number of nitrogens with one attached hydrogen (secondary N) is 1. The number of fused-ring (bicyclic) bond motifs is 1. The van der Waals surface area contributed by atoms with E-state index in [0.29, 0.717) is 39.6 Å². The molecular formula is C22H20ClN5O3S. The Morgan fingerprint density at radius 2 is 1.88 bits per heavy atom. The number of methoxy groups -OCH3 is 2. The molecule has 2 aromatic carbocycles. The van der Waals surface area contributed by atoms with Crippen LogP contribution in [0.15, 0.2) is 59.6 Å². The maximum absolute atomic E-state index is 12.3. The van der Waals surface area contributed by atoms with E-state index in [2.05, 4.69) is 20.6 Å². The Bertz CT molecular complexity index is 1260. The zero-order valence-electron chi connectivity index (χ0n) is 17.4. The first-order valence-corrected chi connectivity index (χ1v) is 11.0. The van der Waals surface area contributed by atoms with Crippen molar-refractivity contribution in [3.63, 3.8) is 0 Å². The molecule has 4 aromatic rings. The third-order valence-electron chi connectivity index (χ3n) is 4.67. The van der Waals surface area contributed by atoms with Crippen molar-refractivity contribution < 1.29 is 14.3 Å². The normalized spacial score (nSPS) is 10.8. The molecule has 0 spiro atoms. The minimum Gasteiger partial charge on any atom is -0.493 e. The molecular weight excluding hydrogens is 450 g/mol. The van der Waals surface area contributed by atoms with E-state index in [0.717, 1.165) is 11.1 Å². The van der Waals surface area contributed by atoms with E-state index in [4.69, 9.17) is 21.1 Å². The van der Waals surface area contributed by atoms with Gasteiger partial charge in [-0.1, -0.05) is 41.6 Å². The molecule has 2 aromatic heterocycles. The first kappa shape index (κ1) is 21.9. The maximum Gasteiger partial charge on any atom is 0.230 e. The standard InChI is InChI=1S/C22H20ClN5O3S/c1-30-17-8-7-14(11-18(17)31-2)22-26-25-19-9-10-21(27-28(19)22)32-13-20(29)24-12-15-5-3-4-6-16(15)23/h3-11H,12-13H2,1-2H3,(H,24,29). The Balaban J connectivity index is 1.47. The SMILES string of the molecule is COc1ccc(-c2nnc3ccc(SCC(=O)NCc4ccccc4Cl)nn23)cc1OC. The number of carbonyl (C=O) groups is 1. The van der Waals surface area contributed by atoms with Gasteiger partial charge in [0.1, 0.15) is 5.03 Å². The van der Waals surface area contributed by atoms with Crippen molar-refractivity contribution in [3.8, 4) is 22.9 Å². The summed E-state index contributed by atoms with van der Waals surface area (Å²) in [6.07, 6.45) is 0. The van der Waals surface area contributed by atoms with E-state index in [1.54, 1.807) is 30.9 Å². The van der Waals surface area contributed by atoms with Crippen LogP contribution in [0, 0.1) is 0 Å². The second-order valence-electron chi connectivity index (χ2n) is 6.69. The minimum absolute atomic E-state index is 0.110. The summed E-state index contributed by atoms with van der Waals surface area (Å²) in [5.74, 6) is 1.88. The van der Waals surface area contributed by atoms with Gasteiger partial charge in [-0.05, 0) is 42.0 Å². The number of thioether (sulfide) groups is 1. The molecule has 2 heterocycles. The van der Waals surface area contributed by atoms with Crippen molar-refractivity contribution in [1.82, 2.24) is 25.1 Å². The molecule has 4 rings (SSSR count). The molecule has 0 fully saturated rings. The Morgan fingerprint density at radius 1 is 1.06 bits per heavy atom. The highest BCUT2D eigenvalue weighted by Gasteiger charge is 2.14. The van der Waals surface area contributed by atoms with Gasteiger partial charge < -0.3 is 14.8 Å². The van der Waals surface area contributed by atoms with Crippen molar-refractivity contribution in [2.24, 2.45) is 0 Å². The van der Waals surface area contributed by atoms with Gasteiger partial charge in [-0.25, -0.2) is 0 Å². The first-order valence-electron chi connectivity index (χ1n) is 9.67. The van der Waals surface area contributed by atoms with Crippen LogP contribution in [0.2, 0.25) is 5.02 Å². The van der Waals surface area contributed by atoms with Crippen molar-refractivity contribution in [2.45, 2.75) is 11.6 Å². The summed E-state index contributed by atoms with van der Waals surface area (Å²) in [7, 11) is 3.16. The number of halogens is 1. The average Bonchev–Trinajstić information content (AvgIpc) is 3.25. The fraction of sp³-hybridized carbons (Fsp3) is 0.182. The monoisotopic (exact) mass is 469 g/mol. The number of rotatable bonds is 8. The molecule has 0 bridgehead atoms. The summed E-state index contributed by atoms with van der Waals surface area (Å²) in [6, 6.07) is 16.5. The molecule has 0 saturated heterocycles. The topological polar surface area (TPSA) is 90.6 Å². The highest BCUT2D eigenvalue weighted by Crippen LogP contribution is 2.31. The van der Waals surface area contributed by atoms with Gasteiger partial charge in [0.15, 0.2) is 23.0 Å². The van der Waals surface area contributed by atoms with Gasteiger partial charge in [-0.2, -0.15) is 9.61 Å². The number of amides is 1. The fourth-order valence-corrected chi connectivity index (χ4v) is 3.92. The van der Waals surface area contributed by atoms with Crippen molar-refractivity contribution >= 4 is 34.9 Å². The Morgan fingerprint density at radius 3 is 2.66 bits per heavy atom. The third-order valence-corrected chi connectivity index (χ3v) is 5.95.